The van der Waals surface area contributed by atoms with Gasteiger partial charge in [-0.05, 0) is 13.5 Å². The van der Waals surface area contributed by atoms with Crippen molar-refractivity contribution in [2.75, 3.05) is 99.3 Å². The molecule has 4 N–H and O–H groups in total. The summed E-state index contributed by atoms with van der Waals surface area (Å²) < 4.78 is 26.8. The van der Waals surface area contributed by atoms with Crippen LogP contribution < -0.4 is 21.3 Å². The van der Waals surface area contributed by atoms with Crippen LogP contribution in [-0.4, -0.2) is 117 Å². The standard InChI is InChI=1S/C21H42N4O8/c1-3-4-19(26)24-18-21(28)25-17-20(27)23-6-8-30-10-12-32-14-16-33-15-13-31-11-9-29-7-5-22-2/h22H,3-18H2,1-2H3,(H,23,27)(H,24,26)(H,25,28). The maximum Gasteiger partial charge on any atom is 0.239 e. The lowest BCUT2D eigenvalue weighted by Gasteiger charge is -2.09. The number of rotatable bonds is 24. The Kier molecular flexibility index (Phi) is 23.4. The lowest BCUT2D eigenvalue weighted by Crippen LogP contribution is -2.42. The lowest BCUT2D eigenvalue weighted by molar-refractivity contribution is -0.127. The monoisotopic (exact) mass is 478 g/mol. The van der Waals surface area contributed by atoms with Crippen LogP contribution in [-0.2, 0) is 38.1 Å². The predicted octanol–water partition coefficient (Wildman–Crippen LogP) is -1.56. The van der Waals surface area contributed by atoms with E-state index in [-0.39, 0.29) is 24.9 Å². The zero-order valence-corrected chi connectivity index (χ0v) is 20.1. The average molecular weight is 479 g/mol. The molecular weight excluding hydrogens is 436 g/mol. The van der Waals surface area contributed by atoms with Crippen LogP contribution >= 0.6 is 0 Å². The fourth-order valence-corrected chi connectivity index (χ4v) is 2.22. The van der Waals surface area contributed by atoms with E-state index in [1.807, 2.05) is 14.0 Å². The molecule has 0 aliphatic rings. The molecule has 0 aliphatic heterocycles. The molecule has 0 aromatic heterocycles. The van der Waals surface area contributed by atoms with Crippen molar-refractivity contribution in [3.05, 3.63) is 0 Å². The molecule has 0 unspecified atom stereocenters. The lowest BCUT2D eigenvalue weighted by atomic mass is 10.3. The Balaban J connectivity index is 3.27. The molecule has 0 rings (SSSR count). The van der Waals surface area contributed by atoms with Crippen molar-refractivity contribution >= 4 is 17.7 Å². The van der Waals surface area contributed by atoms with Crippen LogP contribution in [0.3, 0.4) is 0 Å². The van der Waals surface area contributed by atoms with Crippen molar-refractivity contribution in [3.63, 3.8) is 0 Å². The van der Waals surface area contributed by atoms with Crippen molar-refractivity contribution in [2.24, 2.45) is 0 Å². The number of ether oxygens (including phenoxy) is 5. The molecule has 12 heteroatoms. The van der Waals surface area contributed by atoms with Gasteiger partial charge in [-0.3, -0.25) is 14.4 Å². The molecule has 0 atom stereocenters. The highest BCUT2D eigenvalue weighted by Gasteiger charge is 2.06. The van der Waals surface area contributed by atoms with Crippen molar-refractivity contribution < 1.29 is 38.1 Å². The number of hydrogen-bond donors (Lipinski definition) is 4. The maximum absolute atomic E-state index is 11.6. The summed E-state index contributed by atoms with van der Waals surface area (Å²) in [6, 6.07) is 0. The molecule has 0 fully saturated rings. The van der Waals surface area contributed by atoms with E-state index in [0.29, 0.717) is 85.5 Å². The molecule has 3 amide bonds. The molecule has 33 heavy (non-hydrogen) atoms. The Bertz CT molecular complexity index is 497. The van der Waals surface area contributed by atoms with E-state index < -0.39 is 5.91 Å². The van der Waals surface area contributed by atoms with Gasteiger partial charge >= 0.3 is 0 Å². The van der Waals surface area contributed by atoms with Gasteiger partial charge in [-0.2, -0.15) is 0 Å². The highest BCUT2D eigenvalue weighted by Crippen LogP contribution is 1.85. The number of carbonyl (C=O) groups excluding carboxylic acids is 3. The van der Waals surface area contributed by atoms with Crippen molar-refractivity contribution in [1.29, 1.82) is 0 Å². The number of amides is 3. The average Bonchev–Trinajstić information content (AvgIpc) is 2.80. The van der Waals surface area contributed by atoms with E-state index in [9.17, 15) is 14.4 Å². The van der Waals surface area contributed by atoms with Gasteiger partial charge in [0, 0.05) is 19.5 Å². The van der Waals surface area contributed by atoms with Gasteiger partial charge in [0.1, 0.15) is 0 Å². The highest BCUT2D eigenvalue weighted by molar-refractivity contribution is 5.88. The van der Waals surface area contributed by atoms with Gasteiger partial charge in [-0.25, -0.2) is 0 Å². The molecule has 0 heterocycles. The second-order valence-corrected chi connectivity index (χ2v) is 6.82. The Hall–Kier alpha value is -1.83. The number of carbonyl (C=O) groups is 3. The SMILES string of the molecule is CCCC(=O)NCC(=O)NCC(=O)NCCOCCOCCOCCOCCOCCNC. The zero-order chi connectivity index (χ0) is 24.4. The quantitative estimate of drug-likeness (QED) is 0.121. The molecule has 0 aromatic carbocycles. The Labute approximate surface area is 196 Å². The van der Waals surface area contributed by atoms with Crippen LogP contribution in [0.1, 0.15) is 19.8 Å². The molecule has 194 valence electrons. The molecule has 0 radical (unpaired) electrons. The zero-order valence-electron chi connectivity index (χ0n) is 20.1. The minimum Gasteiger partial charge on any atom is -0.378 e. The van der Waals surface area contributed by atoms with E-state index in [2.05, 4.69) is 21.3 Å². The van der Waals surface area contributed by atoms with E-state index in [1.165, 1.54) is 0 Å². The first-order chi connectivity index (χ1) is 16.1. The minimum absolute atomic E-state index is 0.138. The summed E-state index contributed by atoms with van der Waals surface area (Å²) in [6.07, 6.45) is 1.08. The van der Waals surface area contributed by atoms with Gasteiger partial charge in [0.2, 0.25) is 17.7 Å². The van der Waals surface area contributed by atoms with Crippen LogP contribution in [0.4, 0.5) is 0 Å². The first-order valence-corrected chi connectivity index (χ1v) is 11.4. The number of hydrogen-bond acceptors (Lipinski definition) is 9. The normalized spacial score (nSPS) is 10.7. The molecule has 0 saturated heterocycles. The summed E-state index contributed by atoms with van der Waals surface area (Å²) in [6.45, 7) is 7.67. The van der Waals surface area contributed by atoms with Gasteiger partial charge in [-0.15, -0.1) is 0 Å². The van der Waals surface area contributed by atoms with Gasteiger partial charge in [0.05, 0.1) is 79.2 Å². The Morgan fingerprint density at radius 1 is 0.545 bits per heavy atom. The largest absolute Gasteiger partial charge is 0.378 e. The van der Waals surface area contributed by atoms with E-state index in [1.54, 1.807) is 0 Å². The van der Waals surface area contributed by atoms with E-state index in [4.69, 9.17) is 23.7 Å². The molecular formula is C21H42N4O8. The third kappa shape index (κ3) is 24.6. The molecule has 0 saturated carbocycles. The van der Waals surface area contributed by atoms with Gasteiger partial charge in [0.15, 0.2) is 0 Å². The van der Waals surface area contributed by atoms with Crippen LogP contribution in [0, 0.1) is 0 Å². The van der Waals surface area contributed by atoms with E-state index in [0.717, 1.165) is 6.54 Å². The summed E-state index contributed by atoms with van der Waals surface area (Å²) in [7, 11) is 1.88. The first kappa shape index (κ1) is 31.2. The second kappa shape index (κ2) is 24.8. The smallest absolute Gasteiger partial charge is 0.239 e. The van der Waals surface area contributed by atoms with Gasteiger partial charge in [-0.1, -0.05) is 6.92 Å². The fourth-order valence-electron chi connectivity index (χ4n) is 2.22. The van der Waals surface area contributed by atoms with E-state index >= 15 is 0 Å². The highest BCUT2D eigenvalue weighted by atomic mass is 16.6. The van der Waals surface area contributed by atoms with Gasteiger partial charge in [0.25, 0.3) is 0 Å². The maximum atomic E-state index is 11.6. The molecule has 0 aromatic rings. The second-order valence-electron chi connectivity index (χ2n) is 6.82. The molecule has 0 spiro atoms. The molecule has 0 aliphatic carbocycles. The Morgan fingerprint density at radius 2 is 0.939 bits per heavy atom. The first-order valence-electron chi connectivity index (χ1n) is 11.4. The van der Waals surface area contributed by atoms with Crippen molar-refractivity contribution in [3.8, 4) is 0 Å². The summed E-state index contributed by atoms with van der Waals surface area (Å²) >= 11 is 0. The fraction of sp³-hybridized carbons (Fsp3) is 0.857. The van der Waals surface area contributed by atoms with Crippen LogP contribution in [0.5, 0.6) is 0 Å². The number of likely N-dealkylation sites (N-methyl/N-ethyl adjacent to an activating group) is 1. The number of nitrogens with one attached hydrogen (secondary N) is 4. The minimum atomic E-state index is -0.412. The summed E-state index contributed by atoms with van der Waals surface area (Å²) in [5, 5.41) is 10.5. The van der Waals surface area contributed by atoms with Gasteiger partial charge < -0.3 is 45.0 Å². The topological polar surface area (TPSA) is 145 Å². The summed E-state index contributed by atoms with van der Waals surface area (Å²) in [5.41, 5.74) is 0. The molecule has 12 nitrogen and oxygen atoms in total. The van der Waals surface area contributed by atoms with Crippen LogP contribution in [0.25, 0.3) is 0 Å². The third-order valence-electron chi connectivity index (χ3n) is 3.92. The predicted molar refractivity (Wildman–Crippen MR) is 122 cm³/mol. The summed E-state index contributed by atoms with van der Waals surface area (Å²) in [4.78, 5) is 34.4. The van der Waals surface area contributed by atoms with Crippen molar-refractivity contribution in [2.45, 2.75) is 19.8 Å². The van der Waals surface area contributed by atoms with Crippen LogP contribution in [0.15, 0.2) is 0 Å². The Morgan fingerprint density at radius 3 is 1.39 bits per heavy atom. The van der Waals surface area contributed by atoms with Crippen LogP contribution in [0.2, 0.25) is 0 Å². The van der Waals surface area contributed by atoms with Crippen molar-refractivity contribution in [1.82, 2.24) is 21.3 Å². The molecule has 0 bridgehead atoms. The summed E-state index contributed by atoms with van der Waals surface area (Å²) in [5.74, 6) is -0.927. The third-order valence-corrected chi connectivity index (χ3v) is 3.92.